The van der Waals surface area contributed by atoms with E-state index in [2.05, 4.69) is 6.92 Å². The molecule has 138 valence electrons. The third-order valence-corrected chi connectivity index (χ3v) is 7.40. The Labute approximate surface area is 150 Å². The summed E-state index contributed by atoms with van der Waals surface area (Å²) in [6, 6.07) is 5.45. The molecule has 2 atom stereocenters. The molecule has 1 heterocycles. The zero-order valence-corrected chi connectivity index (χ0v) is 15.7. The molecule has 1 aliphatic carbocycles. The molecular weight excluding hydrogens is 336 g/mol. The highest BCUT2D eigenvalue weighted by atomic mass is 32.2. The molecule has 0 bridgehead atoms. The topological polar surface area (TPSA) is 80.5 Å². The first-order valence-electron chi connectivity index (χ1n) is 9.26. The van der Waals surface area contributed by atoms with Gasteiger partial charge in [-0.05, 0) is 61.3 Å². The molecule has 2 aliphatic rings. The van der Waals surface area contributed by atoms with E-state index < -0.39 is 9.84 Å². The summed E-state index contributed by atoms with van der Waals surface area (Å²) >= 11 is 0. The quantitative estimate of drug-likeness (QED) is 0.866. The molecule has 5 nitrogen and oxygen atoms in total. The van der Waals surface area contributed by atoms with Gasteiger partial charge in [0.05, 0.1) is 10.6 Å². The van der Waals surface area contributed by atoms with Gasteiger partial charge in [-0.1, -0.05) is 13.0 Å². The molecule has 1 aromatic carbocycles. The number of hydrogen-bond donors (Lipinski definition) is 1. The fourth-order valence-corrected chi connectivity index (χ4v) is 5.42. The standard InChI is InChI=1S/C19H28N2O3S/c1-14-4-3-10-21(18(14)13-20)19(22)9-11-25(23,24)17-8-7-15-5-2-6-16(15)12-17/h7-8,12,14,18H,2-6,9-11,13,20H2,1H3/t14-,18+/m1/s1. The average Bonchev–Trinajstić information content (AvgIpc) is 3.07. The Morgan fingerprint density at radius 3 is 2.76 bits per heavy atom. The Bertz CT molecular complexity index is 745. The van der Waals surface area contributed by atoms with E-state index in [4.69, 9.17) is 5.73 Å². The number of rotatable bonds is 5. The van der Waals surface area contributed by atoms with Crippen LogP contribution in [0.25, 0.3) is 0 Å². The zero-order valence-electron chi connectivity index (χ0n) is 14.9. The fraction of sp³-hybridized carbons (Fsp3) is 0.632. The van der Waals surface area contributed by atoms with E-state index in [1.165, 1.54) is 5.56 Å². The summed E-state index contributed by atoms with van der Waals surface area (Å²) in [4.78, 5) is 14.7. The molecule has 1 aromatic rings. The number of nitrogens with two attached hydrogens (primary N) is 1. The number of nitrogens with zero attached hydrogens (tertiary/aromatic N) is 1. The van der Waals surface area contributed by atoms with E-state index in [1.54, 1.807) is 17.0 Å². The van der Waals surface area contributed by atoms with Gasteiger partial charge in [0, 0.05) is 25.6 Å². The van der Waals surface area contributed by atoms with Gasteiger partial charge in [-0.2, -0.15) is 0 Å². The highest BCUT2D eigenvalue weighted by Crippen LogP contribution is 2.26. The van der Waals surface area contributed by atoms with Crippen molar-refractivity contribution in [3.05, 3.63) is 29.3 Å². The summed E-state index contributed by atoms with van der Waals surface area (Å²) in [5.41, 5.74) is 8.23. The van der Waals surface area contributed by atoms with Crippen LogP contribution in [0.15, 0.2) is 23.1 Å². The minimum absolute atomic E-state index is 0.0304. The average molecular weight is 365 g/mol. The lowest BCUT2D eigenvalue weighted by atomic mass is 9.90. The lowest BCUT2D eigenvalue weighted by Crippen LogP contribution is -2.51. The smallest absolute Gasteiger partial charge is 0.223 e. The molecule has 0 aromatic heterocycles. The highest BCUT2D eigenvalue weighted by Gasteiger charge is 2.31. The van der Waals surface area contributed by atoms with Crippen molar-refractivity contribution in [3.8, 4) is 0 Å². The minimum atomic E-state index is -3.43. The van der Waals surface area contributed by atoms with Gasteiger partial charge in [-0.25, -0.2) is 8.42 Å². The van der Waals surface area contributed by atoms with Crippen molar-refractivity contribution in [1.29, 1.82) is 0 Å². The van der Waals surface area contributed by atoms with Crippen LogP contribution in [0.5, 0.6) is 0 Å². The third kappa shape index (κ3) is 3.90. The maximum absolute atomic E-state index is 12.6. The first kappa shape index (κ1) is 18.4. The van der Waals surface area contributed by atoms with Crippen LogP contribution in [0, 0.1) is 5.92 Å². The molecule has 0 radical (unpaired) electrons. The van der Waals surface area contributed by atoms with Crippen molar-refractivity contribution in [2.75, 3.05) is 18.8 Å². The summed E-state index contributed by atoms with van der Waals surface area (Å²) in [7, 11) is -3.43. The summed E-state index contributed by atoms with van der Waals surface area (Å²) in [6.07, 6.45) is 5.12. The number of sulfone groups is 1. The highest BCUT2D eigenvalue weighted by molar-refractivity contribution is 7.91. The fourth-order valence-electron chi connectivity index (χ4n) is 4.14. The van der Waals surface area contributed by atoms with Crippen LogP contribution in [-0.4, -0.2) is 44.1 Å². The third-order valence-electron chi connectivity index (χ3n) is 5.69. The van der Waals surface area contributed by atoms with Gasteiger partial charge in [0.1, 0.15) is 0 Å². The largest absolute Gasteiger partial charge is 0.338 e. The number of carbonyl (C=O) groups excluding carboxylic acids is 1. The van der Waals surface area contributed by atoms with Crippen molar-refractivity contribution in [3.63, 3.8) is 0 Å². The molecule has 6 heteroatoms. The number of fused-ring (bicyclic) bond motifs is 1. The molecule has 1 fully saturated rings. The Morgan fingerprint density at radius 1 is 1.24 bits per heavy atom. The van der Waals surface area contributed by atoms with Crippen molar-refractivity contribution < 1.29 is 13.2 Å². The molecule has 0 saturated carbocycles. The maximum atomic E-state index is 12.6. The molecular formula is C19H28N2O3S. The van der Waals surface area contributed by atoms with Crippen LogP contribution in [0.3, 0.4) is 0 Å². The van der Waals surface area contributed by atoms with E-state index in [-0.39, 0.29) is 24.1 Å². The van der Waals surface area contributed by atoms with Crippen LogP contribution in [-0.2, 0) is 27.5 Å². The molecule has 1 amide bonds. The first-order valence-corrected chi connectivity index (χ1v) is 10.9. The number of piperidine rings is 1. The van der Waals surface area contributed by atoms with E-state index >= 15 is 0 Å². The SMILES string of the molecule is C[C@@H]1CCCN(C(=O)CCS(=O)(=O)c2ccc3c(c2)CCC3)[C@H]1CN. The van der Waals surface area contributed by atoms with E-state index in [1.807, 2.05) is 6.07 Å². The summed E-state index contributed by atoms with van der Waals surface area (Å²) in [5.74, 6) is 0.148. The maximum Gasteiger partial charge on any atom is 0.223 e. The Balaban J connectivity index is 1.66. The normalized spacial score (nSPS) is 23.5. The Morgan fingerprint density at radius 2 is 2.00 bits per heavy atom. The lowest BCUT2D eigenvalue weighted by molar-refractivity contribution is -0.135. The number of aryl methyl sites for hydroxylation is 2. The van der Waals surface area contributed by atoms with Crippen LogP contribution >= 0.6 is 0 Å². The lowest BCUT2D eigenvalue weighted by Gasteiger charge is -2.39. The van der Waals surface area contributed by atoms with E-state index in [0.29, 0.717) is 23.9 Å². The van der Waals surface area contributed by atoms with Gasteiger partial charge in [-0.15, -0.1) is 0 Å². The molecule has 3 rings (SSSR count). The Kier molecular flexibility index (Phi) is 5.49. The Hall–Kier alpha value is -1.40. The van der Waals surface area contributed by atoms with Gasteiger partial charge < -0.3 is 10.6 Å². The second-order valence-corrected chi connectivity index (χ2v) is 9.47. The van der Waals surface area contributed by atoms with Crippen LogP contribution in [0.2, 0.25) is 0 Å². The van der Waals surface area contributed by atoms with Crippen molar-refractivity contribution in [1.82, 2.24) is 4.90 Å². The summed E-state index contributed by atoms with van der Waals surface area (Å²) < 4.78 is 25.3. The van der Waals surface area contributed by atoms with Gasteiger partial charge in [0.15, 0.2) is 9.84 Å². The zero-order chi connectivity index (χ0) is 18.0. The summed E-state index contributed by atoms with van der Waals surface area (Å²) in [6.45, 7) is 3.23. The van der Waals surface area contributed by atoms with Gasteiger partial charge >= 0.3 is 0 Å². The summed E-state index contributed by atoms with van der Waals surface area (Å²) in [5, 5.41) is 0. The van der Waals surface area contributed by atoms with E-state index in [9.17, 15) is 13.2 Å². The van der Waals surface area contributed by atoms with Gasteiger partial charge in [0.2, 0.25) is 5.91 Å². The molecule has 25 heavy (non-hydrogen) atoms. The second kappa shape index (κ2) is 7.46. The number of hydrogen-bond acceptors (Lipinski definition) is 4. The molecule has 2 N–H and O–H groups in total. The van der Waals surface area contributed by atoms with Crippen LogP contribution in [0.4, 0.5) is 0 Å². The molecule has 0 unspecified atom stereocenters. The number of benzene rings is 1. The monoisotopic (exact) mass is 364 g/mol. The molecule has 1 saturated heterocycles. The predicted molar refractivity (Wildman–Crippen MR) is 98.1 cm³/mol. The number of amides is 1. The molecule has 0 spiro atoms. The van der Waals surface area contributed by atoms with Gasteiger partial charge in [0.25, 0.3) is 0 Å². The van der Waals surface area contributed by atoms with Crippen molar-refractivity contribution >= 4 is 15.7 Å². The van der Waals surface area contributed by atoms with Gasteiger partial charge in [-0.3, -0.25) is 4.79 Å². The number of likely N-dealkylation sites (tertiary alicyclic amines) is 1. The molecule has 1 aliphatic heterocycles. The van der Waals surface area contributed by atoms with E-state index in [0.717, 1.165) is 37.7 Å². The second-order valence-electron chi connectivity index (χ2n) is 7.36. The van der Waals surface area contributed by atoms with Crippen LogP contribution < -0.4 is 5.73 Å². The predicted octanol–water partition coefficient (Wildman–Crippen LogP) is 1.92. The minimum Gasteiger partial charge on any atom is -0.338 e. The van der Waals surface area contributed by atoms with Crippen molar-refractivity contribution in [2.45, 2.75) is 56.4 Å². The number of carbonyl (C=O) groups is 1. The first-order chi connectivity index (χ1) is 11.9. The van der Waals surface area contributed by atoms with Crippen molar-refractivity contribution in [2.24, 2.45) is 11.7 Å². The van der Waals surface area contributed by atoms with Crippen LogP contribution in [0.1, 0.15) is 43.7 Å².